The molecule has 21 heavy (non-hydrogen) atoms. The summed E-state index contributed by atoms with van der Waals surface area (Å²) in [5.41, 5.74) is -1.39. The van der Waals surface area contributed by atoms with Crippen molar-refractivity contribution in [2.24, 2.45) is 0 Å². The fourth-order valence-electron chi connectivity index (χ4n) is 2.90. The van der Waals surface area contributed by atoms with E-state index in [0.717, 1.165) is 18.9 Å². The number of nitro groups is 1. The van der Waals surface area contributed by atoms with Crippen LogP contribution in [0.25, 0.3) is 0 Å². The SMILES string of the molecule is CN(CC1(O)CCCC1)c1ccc([N+](=O)[O-])cc1C(F)F. The Kier molecular flexibility index (Phi) is 4.41. The van der Waals surface area contributed by atoms with Crippen LogP contribution in [0.4, 0.5) is 20.2 Å². The van der Waals surface area contributed by atoms with Gasteiger partial charge in [0.15, 0.2) is 0 Å². The van der Waals surface area contributed by atoms with Crippen molar-refractivity contribution in [1.29, 1.82) is 0 Å². The van der Waals surface area contributed by atoms with Crippen molar-refractivity contribution in [1.82, 2.24) is 0 Å². The lowest BCUT2D eigenvalue weighted by Gasteiger charge is -2.31. The molecule has 0 radical (unpaired) electrons. The monoisotopic (exact) mass is 300 g/mol. The van der Waals surface area contributed by atoms with Gasteiger partial charge in [-0.25, -0.2) is 8.78 Å². The van der Waals surface area contributed by atoms with Crippen molar-refractivity contribution in [3.05, 3.63) is 33.9 Å². The van der Waals surface area contributed by atoms with Crippen LogP contribution >= 0.6 is 0 Å². The Labute approximate surface area is 121 Å². The number of anilines is 1. The van der Waals surface area contributed by atoms with Gasteiger partial charge in [0.2, 0.25) is 0 Å². The van der Waals surface area contributed by atoms with Crippen molar-refractivity contribution in [2.75, 3.05) is 18.5 Å². The van der Waals surface area contributed by atoms with Gasteiger partial charge in [-0.2, -0.15) is 0 Å². The summed E-state index contributed by atoms with van der Waals surface area (Å²) in [5.74, 6) is 0. The lowest BCUT2D eigenvalue weighted by molar-refractivity contribution is -0.385. The molecule has 7 heteroatoms. The predicted octanol–water partition coefficient (Wildman–Crippen LogP) is 3.27. The third-order valence-electron chi connectivity index (χ3n) is 3.93. The number of aliphatic hydroxyl groups is 1. The molecule has 1 saturated carbocycles. The third-order valence-corrected chi connectivity index (χ3v) is 3.93. The van der Waals surface area contributed by atoms with Crippen molar-refractivity contribution in [2.45, 2.75) is 37.7 Å². The number of halogens is 2. The molecule has 116 valence electrons. The Morgan fingerprint density at radius 2 is 2.05 bits per heavy atom. The molecule has 0 saturated heterocycles. The van der Waals surface area contributed by atoms with Crippen LogP contribution in [0.1, 0.15) is 37.7 Å². The summed E-state index contributed by atoms with van der Waals surface area (Å²) in [7, 11) is 1.61. The van der Waals surface area contributed by atoms with Crippen LogP contribution in [-0.2, 0) is 0 Å². The maximum absolute atomic E-state index is 13.1. The van der Waals surface area contributed by atoms with Gasteiger partial charge in [0.05, 0.1) is 10.5 Å². The summed E-state index contributed by atoms with van der Waals surface area (Å²) < 4.78 is 26.3. The molecule has 1 N–H and O–H groups in total. The van der Waals surface area contributed by atoms with E-state index < -0.39 is 16.9 Å². The van der Waals surface area contributed by atoms with Gasteiger partial charge in [-0.1, -0.05) is 12.8 Å². The summed E-state index contributed by atoms with van der Waals surface area (Å²) in [6, 6.07) is 3.42. The maximum atomic E-state index is 13.1. The highest BCUT2D eigenvalue weighted by atomic mass is 19.3. The first kappa shape index (κ1) is 15.6. The first-order valence-corrected chi connectivity index (χ1v) is 6.82. The number of rotatable bonds is 5. The number of alkyl halides is 2. The Balaban J connectivity index is 2.27. The van der Waals surface area contributed by atoms with Crippen LogP contribution in [0.3, 0.4) is 0 Å². The van der Waals surface area contributed by atoms with Gasteiger partial charge in [0.25, 0.3) is 12.1 Å². The molecule has 1 aromatic rings. The van der Waals surface area contributed by atoms with E-state index in [9.17, 15) is 24.0 Å². The van der Waals surface area contributed by atoms with Gasteiger partial charge < -0.3 is 10.0 Å². The first-order valence-electron chi connectivity index (χ1n) is 6.82. The molecule has 2 rings (SSSR count). The van der Waals surface area contributed by atoms with E-state index in [2.05, 4.69) is 0 Å². The molecule has 0 aliphatic heterocycles. The lowest BCUT2D eigenvalue weighted by Crippen LogP contribution is -2.39. The van der Waals surface area contributed by atoms with Crippen molar-refractivity contribution >= 4 is 11.4 Å². The highest BCUT2D eigenvalue weighted by Gasteiger charge is 2.33. The maximum Gasteiger partial charge on any atom is 0.270 e. The predicted molar refractivity (Wildman–Crippen MR) is 74.7 cm³/mol. The van der Waals surface area contributed by atoms with Gasteiger partial charge in [-0.05, 0) is 18.9 Å². The Hall–Kier alpha value is -1.76. The van der Waals surface area contributed by atoms with Crippen molar-refractivity contribution in [3.63, 3.8) is 0 Å². The molecule has 0 bridgehead atoms. The standard InChI is InChI=1S/C14H18F2N2O3/c1-17(9-14(19)6-2-3-7-14)12-5-4-10(18(20)21)8-11(12)13(15)16/h4-5,8,13,19H,2-3,6-7,9H2,1H3. The number of likely N-dealkylation sites (N-methyl/N-ethyl adjacent to an activating group) is 1. The minimum Gasteiger partial charge on any atom is -0.388 e. The van der Waals surface area contributed by atoms with Gasteiger partial charge in [-0.3, -0.25) is 10.1 Å². The van der Waals surface area contributed by atoms with E-state index in [1.165, 1.54) is 12.1 Å². The Morgan fingerprint density at radius 3 is 2.57 bits per heavy atom. The van der Waals surface area contributed by atoms with Gasteiger partial charge >= 0.3 is 0 Å². The van der Waals surface area contributed by atoms with Crippen molar-refractivity contribution < 1.29 is 18.8 Å². The average Bonchev–Trinajstić information content (AvgIpc) is 2.84. The molecule has 1 aliphatic carbocycles. The second-order valence-corrected chi connectivity index (χ2v) is 5.59. The number of hydrogen-bond acceptors (Lipinski definition) is 4. The molecule has 1 aromatic carbocycles. The summed E-state index contributed by atoms with van der Waals surface area (Å²) in [5, 5.41) is 21.1. The topological polar surface area (TPSA) is 66.6 Å². The second-order valence-electron chi connectivity index (χ2n) is 5.59. The summed E-state index contributed by atoms with van der Waals surface area (Å²) in [4.78, 5) is 11.6. The molecular weight excluding hydrogens is 282 g/mol. The normalized spacial score (nSPS) is 17.2. The van der Waals surface area contributed by atoms with Crippen LogP contribution < -0.4 is 4.90 Å². The van der Waals surface area contributed by atoms with Gasteiger partial charge in [0, 0.05) is 37.0 Å². The molecule has 0 amide bonds. The van der Waals surface area contributed by atoms with E-state index in [-0.39, 0.29) is 23.5 Å². The summed E-state index contributed by atoms with van der Waals surface area (Å²) in [6.45, 7) is 0.241. The van der Waals surface area contributed by atoms with E-state index in [1.807, 2.05) is 0 Å². The summed E-state index contributed by atoms with van der Waals surface area (Å²) >= 11 is 0. The van der Waals surface area contributed by atoms with Crippen LogP contribution in [0.15, 0.2) is 18.2 Å². The van der Waals surface area contributed by atoms with Crippen LogP contribution in [0.5, 0.6) is 0 Å². The number of benzene rings is 1. The minimum absolute atomic E-state index is 0.218. The molecule has 0 aromatic heterocycles. The van der Waals surface area contributed by atoms with E-state index in [1.54, 1.807) is 11.9 Å². The lowest BCUT2D eigenvalue weighted by atomic mass is 10.0. The fourth-order valence-corrected chi connectivity index (χ4v) is 2.90. The zero-order chi connectivity index (χ0) is 15.6. The number of non-ortho nitro benzene ring substituents is 1. The van der Waals surface area contributed by atoms with Gasteiger partial charge in [-0.15, -0.1) is 0 Å². The Bertz CT molecular complexity index is 531. The molecule has 5 nitrogen and oxygen atoms in total. The highest BCUT2D eigenvalue weighted by molar-refractivity contribution is 5.58. The smallest absolute Gasteiger partial charge is 0.270 e. The first-order chi connectivity index (χ1) is 9.82. The minimum atomic E-state index is -2.81. The molecule has 0 heterocycles. The largest absolute Gasteiger partial charge is 0.388 e. The quantitative estimate of drug-likeness (QED) is 0.669. The van der Waals surface area contributed by atoms with Crippen LogP contribution in [-0.4, -0.2) is 29.2 Å². The van der Waals surface area contributed by atoms with E-state index in [0.29, 0.717) is 12.8 Å². The third kappa shape index (κ3) is 3.47. The molecular formula is C14H18F2N2O3. The highest BCUT2D eigenvalue weighted by Crippen LogP contribution is 2.35. The zero-order valence-electron chi connectivity index (χ0n) is 11.8. The van der Waals surface area contributed by atoms with Crippen molar-refractivity contribution in [3.8, 4) is 0 Å². The second kappa shape index (κ2) is 5.93. The zero-order valence-corrected chi connectivity index (χ0v) is 11.8. The number of hydrogen-bond donors (Lipinski definition) is 1. The number of nitrogens with zero attached hydrogens (tertiary/aromatic N) is 2. The number of nitro benzene ring substituents is 1. The van der Waals surface area contributed by atoms with Gasteiger partial charge in [0.1, 0.15) is 0 Å². The van der Waals surface area contributed by atoms with E-state index in [4.69, 9.17) is 0 Å². The Morgan fingerprint density at radius 1 is 1.43 bits per heavy atom. The molecule has 1 aliphatic rings. The average molecular weight is 300 g/mol. The van der Waals surface area contributed by atoms with Crippen LogP contribution in [0.2, 0.25) is 0 Å². The van der Waals surface area contributed by atoms with E-state index >= 15 is 0 Å². The molecule has 0 unspecified atom stereocenters. The fraction of sp³-hybridized carbons (Fsp3) is 0.571. The molecule has 0 atom stereocenters. The molecule has 1 fully saturated rings. The van der Waals surface area contributed by atoms with Crippen LogP contribution in [0, 0.1) is 10.1 Å². The molecule has 0 spiro atoms. The summed E-state index contributed by atoms with van der Waals surface area (Å²) in [6.07, 6.45) is 0.335.